The molecule has 0 rings (SSSR count). The van der Waals surface area contributed by atoms with Crippen LogP contribution in [0.5, 0.6) is 0 Å². The lowest BCUT2D eigenvalue weighted by Gasteiger charge is -2.29. The van der Waals surface area contributed by atoms with Crippen molar-refractivity contribution in [3.05, 3.63) is 0 Å². The summed E-state index contributed by atoms with van der Waals surface area (Å²) in [5.74, 6) is -1.00. The lowest BCUT2D eigenvalue weighted by atomic mass is 9.94. The molecule has 6 heteroatoms. The summed E-state index contributed by atoms with van der Waals surface area (Å²) in [6.07, 6.45) is 0.0218. The van der Waals surface area contributed by atoms with E-state index in [-0.39, 0.29) is 0 Å². The van der Waals surface area contributed by atoms with Crippen LogP contribution in [0.25, 0.3) is 0 Å². The average Bonchev–Trinajstić information content (AvgIpc) is 2.17. The largest absolute Gasteiger partial charge is 0.480 e. The van der Waals surface area contributed by atoms with Gasteiger partial charge in [0.15, 0.2) is 0 Å². The molecule has 0 heterocycles. The fourth-order valence-corrected chi connectivity index (χ4v) is 1.26. The Hall–Kier alpha value is -1.30. The molecule has 0 spiro atoms. The normalized spacial score (nSPS) is 12.1. The number of ether oxygens (including phenoxy) is 1. The highest BCUT2D eigenvalue weighted by atomic mass is 16.6. The highest BCUT2D eigenvalue weighted by molar-refractivity contribution is 5.79. The Bertz CT molecular complexity index is 280. The van der Waals surface area contributed by atoms with Gasteiger partial charge in [-0.3, -0.25) is 10.2 Å². The van der Waals surface area contributed by atoms with Gasteiger partial charge in [0.25, 0.3) is 0 Å². The number of amides is 1. The number of rotatable bonds is 5. The van der Waals surface area contributed by atoms with E-state index in [1.165, 1.54) is 0 Å². The lowest BCUT2D eigenvalue weighted by molar-refractivity contribution is -0.145. The topological polar surface area (TPSA) is 87.7 Å². The summed E-state index contributed by atoms with van der Waals surface area (Å²) < 4.78 is 5.00. The van der Waals surface area contributed by atoms with Crippen molar-refractivity contribution in [2.24, 2.45) is 0 Å². The number of aliphatic carboxylic acids is 1. The van der Waals surface area contributed by atoms with E-state index in [0.29, 0.717) is 12.8 Å². The number of carboxylic acid groups (broad SMARTS) is 1. The van der Waals surface area contributed by atoms with Crippen LogP contribution in [0.2, 0.25) is 0 Å². The van der Waals surface area contributed by atoms with E-state index < -0.39 is 23.2 Å². The maximum absolute atomic E-state index is 11.4. The molecule has 0 bridgehead atoms. The van der Waals surface area contributed by atoms with Gasteiger partial charge in [0.1, 0.15) is 11.1 Å². The van der Waals surface area contributed by atoms with Crippen molar-refractivity contribution in [2.75, 3.05) is 0 Å². The Labute approximate surface area is 102 Å². The van der Waals surface area contributed by atoms with Crippen molar-refractivity contribution >= 4 is 12.1 Å². The summed E-state index contributed by atoms with van der Waals surface area (Å²) in [6.45, 7) is 8.67. The number of carbonyl (C=O) groups is 2. The molecule has 0 saturated heterocycles. The van der Waals surface area contributed by atoms with Gasteiger partial charge in [-0.25, -0.2) is 10.2 Å². The second-order valence-electron chi connectivity index (χ2n) is 4.85. The molecule has 0 atom stereocenters. The fraction of sp³-hybridized carbons (Fsp3) is 0.818. The first-order valence-electron chi connectivity index (χ1n) is 5.66. The minimum Gasteiger partial charge on any atom is -0.480 e. The zero-order chi connectivity index (χ0) is 13.7. The van der Waals surface area contributed by atoms with Gasteiger partial charge < -0.3 is 9.84 Å². The first kappa shape index (κ1) is 15.7. The quantitative estimate of drug-likeness (QED) is 0.642. The number of hydrazine groups is 1. The van der Waals surface area contributed by atoms with Crippen LogP contribution in [0.15, 0.2) is 0 Å². The summed E-state index contributed by atoms with van der Waals surface area (Å²) in [5.41, 5.74) is 3.03. The van der Waals surface area contributed by atoms with Crippen LogP contribution in [-0.4, -0.2) is 28.3 Å². The van der Waals surface area contributed by atoms with Crippen molar-refractivity contribution in [1.29, 1.82) is 0 Å². The molecular weight excluding hydrogens is 224 g/mol. The van der Waals surface area contributed by atoms with Gasteiger partial charge in [0.05, 0.1) is 0 Å². The van der Waals surface area contributed by atoms with Crippen molar-refractivity contribution in [1.82, 2.24) is 10.9 Å². The molecule has 6 nitrogen and oxygen atoms in total. The predicted octanol–water partition coefficient (Wildman–Crippen LogP) is 1.66. The predicted molar refractivity (Wildman–Crippen MR) is 63.5 cm³/mol. The van der Waals surface area contributed by atoms with Crippen LogP contribution < -0.4 is 10.9 Å². The number of hydrogen-bond donors (Lipinski definition) is 3. The summed E-state index contributed by atoms with van der Waals surface area (Å²) in [6, 6.07) is 0. The number of nitrogens with one attached hydrogen (secondary N) is 2. The third-order valence-corrected chi connectivity index (χ3v) is 2.42. The van der Waals surface area contributed by atoms with Gasteiger partial charge in [-0.2, -0.15) is 0 Å². The maximum Gasteiger partial charge on any atom is 0.422 e. The Morgan fingerprint density at radius 2 is 1.65 bits per heavy atom. The van der Waals surface area contributed by atoms with Gasteiger partial charge in [-0.1, -0.05) is 13.8 Å². The second-order valence-corrected chi connectivity index (χ2v) is 4.85. The molecule has 0 aromatic heterocycles. The first-order valence-corrected chi connectivity index (χ1v) is 5.66. The molecule has 0 aromatic rings. The van der Waals surface area contributed by atoms with Gasteiger partial charge in [-0.15, -0.1) is 0 Å². The van der Waals surface area contributed by atoms with E-state index in [2.05, 4.69) is 10.9 Å². The smallest absolute Gasteiger partial charge is 0.422 e. The van der Waals surface area contributed by atoms with E-state index in [9.17, 15) is 9.59 Å². The second kappa shape index (κ2) is 5.86. The molecule has 0 fully saturated rings. The number of hydrogen-bond acceptors (Lipinski definition) is 4. The van der Waals surface area contributed by atoms with Crippen LogP contribution in [0.4, 0.5) is 4.79 Å². The minimum atomic E-state index is -1.16. The van der Waals surface area contributed by atoms with E-state index >= 15 is 0 Å². The van der Waals surface area contributed by atoms with Gasteiger partial charge >= 0.3 is 12.1 Å². The average molecular weight is 246 g/mol. The Morgan fingerprint density at radius 1 is 1.18 bits per heavy atom. The van der Waals surface area contributed by atoms with Crippen LogP contribution in [0, 0.1) is 0 Å². The van der Waals surface area contributed by atoms with E-state index in [1.54, 1.807) is 34.6 Å². The third kappa shape index (κ3) is 5.04. The molecule has 0 aliphatic carbocycles. The number of carboxylic acids is 1. The van der Waals surface area contributed by atoms with E-state index in [1.807, 2.05) is 0 Å². The lowest BCUT2D eigenvalue weighted by Crippen LogP contribution is -2.58. The maximum atomic E-state index is 11.4. The standard InChI is InChI=1S/C11H22N2O4/c1-6-11(7-2,8(14)15)13-12-9(16)17-10(3,4)5/h13H,6-7H2,1-5H3,(H,12,16)(H,14,15). The van der Waals surface area contributed by atoms with Gasteiger partial charge in [0, 0.05) is 0 Å². The Balaban J connectivity index is 4.43. The highest BCUT2D eigenvalue weighted by Crippen LogP contribution is 2.14. The highest BCUT2D eigenvalue weighted by Gasteiger charge is 2.35. The summed E-state index contributed by atoms with van der Waals surface area (Å²) in [7, 11) is 0. The summed E-state index contributed by atoms with van der Waals surface area (Å²) >= 11 is 0. The molecule has 0 radical (unpaired) electrons. The third-order valence-electron chi connectivity index (χ3n) is 2.42. The van der Waals surface area contributed by atoms with Crippen molar-refractivity contribution in [3.8, 4) is 0 Å². The Morgan fingerprint density at radius 3 is 1.94 bits per heavy atom. The number of carbonyl (C=O) groups excluding carboxylic acids is 1. The van der Waals surface area contributed by atoms with Gasteiger partial charge in [-0.05, 0) is 33.6 Å². The molecule has 0 aliphatic heterocycles. The Kier molecular flexibility index (Phi) is 5.41. The molecule has 0 saturated carbocycles. The van der Waals surface area contributed by atoms with Crippen molar-refractivity contribution in [3.63, 3.8) is 0 Å². The molecule has 17 heavy (non-hydrogen) atoms. The first-order chi connectivity index (χ1) is 7.67. The molecular formula is C11H22N2O4. The fourth-order valence-electron chi connectivity index (χ4n) is 1.26. The summed E-state index contributed by atoms with van der Waals surface area (Å²) in [4.78, 5) is 22.5. The zero-order valence-electron chi connectivity index (χ0n) is 11.1. The van der Waals surface area contributed by atoms with Crippen LogP contribution in [0.3, 0.4) is 0 Å². The minimum absolute atomic E-state index is 0.356. The van der Waals surface area contributed by atoms with Gasteiger partial charge in [0.2, 0.25) is 0 Å². The molecule has 3 N–H and O–H groups in total. The van der Waals surface area contributed by atoms with Crippen LogP contribution in [-0.2, 0) is 9.53 Å². The molecule has 0 aromatic carbocycles. The monoisotopic (exact) mass is 246 g/mol. The van der Waals surface area contributed by atoms with Crippen LogP contribution in [0.1, 0.15) is 47.5 Å². The van der Waals surface area contributed by atoms with Crippen LogP contribution >= 0.6 is 0 Å². The van der Waals surface area contributed by atoms with Crippen molar-refractivity contribution in [2.45, 2.75) is 58.6 Å². The van der Waals surface area contributed by atoms with Crippen molar-refractivity contribution < 1.29 is 19.4 Å². The van der Waals surface area contributed by atoms with E-state index in [0.717, 1.165) is 0 Å². The SMILES string of the molecule is CCC(CC)(NNC(=O)OC(C)(C)C)C(=O)O. The van der Waals surface area contributed by atoms with E-state index in [4.69, 9.17) is 9.84 Å². The molecule has 1 amide bonds. The molecule has 0 aliphatic rings. The molecule has 0 unspecified atom stereocenters. The summed E-state index contributed by atoms with van der Waals surface area (Å²) in [5, 5.41) is 9.11. The molecule has 100 valence electrons. The zero-order valence-corrected chi connectivity index (χ0v) is 11.1.